The summed E-state index contributed by atoms with van der Waals surface area (Å²) < 4.78 is 5.44. The van der Waals surface area contributed by atoms with Gasteiger partial charge in [0.25, 0.3) is 0 Å². The fraction of sp³-hybridized carbons (Fsp3) is 0.533. The predicted molar refractivity (Wildman–Crippen MR) is 83.0 cm³/mol. The fourth-order valence-corrected chi connectivity index (χ4v) is 3.78. The topological polar surface area (TPSA) is 41.6 Å². The third kappa shape index (κ3) is 3.10. The quantitative estimate of drug-likeness (QED) is 0.817. The van der Waals surface area contributed by atoms with Gasteiger partial charge >= 0.3 is 0 Å². The maximum atomic E-state index is 12.3. The Balaban J connectivity index is 2.21. The van der Waals surface area contributed by atoms with Crippen LogP contribution >= 0.6 is 11.8 Å². The van der Waals surface area contributed by atoms with Gasteiger partial charge in [0.15, 0.2) is 0 Å². The SMILES string of the molecule is CNCCCN1C(=O)C(C)SC1c1ccccc1OC. The molecule has 2 atom stereocenters. The van der Waals surface area contributed by atoms with Crippen molar-refractivity contribution < 1.29 is 9.53 Å². The number of nitrogens with one attached hydrogen (secondary N) is 1. The number of carbonyl (C=O) groups excluding carboxylic acids is 1. The van der Waals surface area contributed by atoms with E-state index in [1.165, 1.54) is 0 Å². The molecule has 0 saturated carbocycles. The van der Waals surface area contributed by atoms with E-state index in [4.69, 9.17) is 4.74 Å². The molecule has 1 aliphatic rings. The number of nitrogens with zero attached hydrogens (tertiary/aromatic N) is 1. The molecule has 0 aliphatic carbocycles. The molecule has 1 amide bonds. The first kappa shape index (κ1) is 15.2. The van der Waals surface area contributed by atoms with Gasteiger partial charge in [-0.1, -0.05) is 18.2 Å². The molecule has 0 bridgehead atoms. The molecule has 1 aliphatic heterocycles. The number of thioether (sulfide) groups is 1. The summed E-state index contributed by atoms with van der Waals surface area (Å²) in [6.07, 6.45) is 0.959. The lowest BCUT2D eigenvalue weighted by molar-refractivity contribution is -0.129. The molecule has 1 heterocycles. The summed E-state index contributed by atoms with van der Waals surface area (Å²) in [5.74, 6) is 1.08. The smallest absolute Gasteiger partial charge is 0.236 e. The molecule has 1 saturated heterocycles. The Labute approximate surface area is 124 Å². The number of methoxy groups -OCH3 is 1. The summed E-state index contributed by atoms with van der Waals surface area (Å²) in [7, 11) is 3.61. The minimum absolute atomic E-state index is 0.0134. The van der Waals surface area contributed by atoms with Crippen LogP contribution in [0, 0.1) is 0 Å². The highest BCUT2D eigenvalue weighted by Crippen LogP contribution is 2.45. The normalized spacial score (nSPS) is 22.4. The summed E-state index contributed by atoms with van der Waals surface area (Å²) >= 11 is 1.70. The van der Waals surface area contributed by atoms with Crippen molar-refractivity contribution >= 4 is 17.7 Å². The van der Waals surface area contributed by atoms with Gasteiger partial charge in [-0.2, -0.15) is 0 Å². The van der Waals surface area contributed by atoms with Crippen molar-refractivity contribution in [2.24, 2.45) is 0 Å². The Bertz CT molecular complexity index is 467. The number of hydrogen-bond acceptors (Lipinski definition) is 4. The average Bonchev–Trinajstić information content (AvgIpc) is 2.75. The summed E-state index contributed by atoms with van der Waals surface area (Å²) in [6, 6.07) is 7.96. The first-order valence-electron chi connectivity index (χ1n) is 6.92. The summed E-state index contributed by atoms with van der Waals surface area (Å²) in [4.78, 5) is 14.3. The van der Waals surface area contributed by atoms with Gasteiger partial charge in [0.05, 0.1) is 12.4 Å². The predicted octanol–water partition coefficient (Wildman–Crippen LogP) is 2.27. The third-order valence-electron chi connectivity index (χ3n) is 3.48. The first-order valence-corrected chi connectivity index (χ1v) is 7.86. The number of para-hydroxylation sites is 1. The van der Waals surface area contributed by atoms with Crippen LogP contribution in [0.3, 0.4) is 0 Å². The van der Waals surface area contributed by atoms with Gasteiger partial charge in [-0.25, -0.2) is 0 Å². The van der Waals surface area contributed by atoms with Crippen LogP contribution in [0.4, 0.5) is 0 Å². The second-order valence-electron chi connectivity index (χ2n) is 4.86. The lowest BCUT2D eigenvalue weighted by Gasteiger charge is -2.25. The highest BCUT2D eigenvalue weighted by Gasteiger charge is 2.39. The molecule has 0 radical (unpaired) electrons. The maximum absolute atomic E-state index is 12.3. The van der Waals surface area contributed by atoms with Crippen LogP contribution in [0.15, 0.2) is 24.3 Å². The Hall–Kier alpha value is -1.20. The highest BCUT2D eigenvalue weighted by atomic mass is 32.2. The van der Waals surface area contributed by atoms with Crippen LogP contribution < -0.4 is 10.1 Å². The Morgan fingerprint density at radius 3 is 2.85 bits per heavy atom. The van der Waals surface area contributed by atoms with E-state index < -0.39 is 0 Å². The van der Waals surface area contributed by atoms with Crippen molar-refractivity contribution in [1.82, 2.24) is 10.2 Å². The van der Waals surface area contributed by atoms with E-state index in [2.05, 4.69) is 5.32 Å². The molecule has 1 N–H and O–H groups in total. The van der Waals surface area contributed by atoms with Crippen molar-refractivity contribution in [2.75, 3.05) is 27.2 Å². The minimum atomic E-state index is 0.0134. The molecule has 1 fully saturated rings. The van der Waals surface area contributed by atoms with Crippen LogP contribution in [0.25, 0.3) is 0 Å². The molecular weight excluding hydrogens is 272 g/mol. The molecule has 4 nitrogen and oxygen atoms in total. The second-order valence-corrected chi connectivity index (χ2v) is 6.29. The van der Waals surface area contributed by atoms with E-state index in [1.807, 2.05) is 43.1 Å². The Kier molecular flexibility index (Phi) is 5.31. The lowest BCUT2D eigenvalue weighted by Crippen LogP contribution is -2.32. The summed E-state index contributed by atoms with van der Waals surface area (Å²) in [5, 5.41) is 3.20. The van der Waals surface area contributed by atoms with Gasteiger partial charge < -0.3 is 15.0 Å². The van der Waals surface area contributed by atoms with Gasteiger partial charge in [0.2, 0.25) is 5.91 Å². The van der Waals surface area contributed by atoms with Crippen molar-refractivity contribution in [1.29, 1.82) is 0 Å². The summed E-state index contributed by atoms with van der Waals surface area (Å²) in [5.41, 5.74) is 1.09. The van der Waals surface area contributed by atoms with E-state index in [0.717, 1.165) is 30.8 Å². The first-order chi connectivity index (χ1) is 9.69. The monoisotopic (exact) mass is 294 g/mol. The van der Waals surface area contributed by atoms with Gasteiger partial charge in [-0.05, 0) is 33.0 Å². The molecule has 1 aromatic rings. The largest absolute Gasteiger partial charge is 0.496 e. The van der Waals surface area contributed by atoms with Crippen molar-refractivity contribution in [3.63, 3.8) is 0 Å². The zero-order chi connectivity index (χ0) is 14.5. The molecule has 0 spiro atoms. The van der Waals surface area contributed by atoms with E-state index in [9.17, 15) is 4.79 Å². The maximum Gasteiger partial charge on any atom is 0.236 e. The average molecular weight is 294 g/mol. The molecular formula is C15H22N2O2S. The molecule has 1 aromatic carbocycles. The third-order valence-corrected chi connectivity index (χ3v) is 4.85. The highest BCUT2D eigenvalue weighted by molar-refractivity contribution is 8.01. The van der Waals surface area contributed by atoms with E-state index in [1.54, 1.807) is 18.9 Å². The van der Waals surface area contributed by atoms with Crippen molar-refractivity contribution in [3.8, 4) is 5.75 Å². The number of rotatable bonds is 6. The molecule has 110 valence electrons. The zero-order valence-corrected chi connectivity index (χ0v) is 13.1. The zero-order valence-electron chi connectivity index (χ0n) is 12.3. The lowest BCUT2D eigenvalue weighted by atomic mass is 10.1. The van der Waals surface area contributed by atoms with Crippen LogP contribution in [0.5, 0.6) is 5.75 Å². The Morgan fingerprint density at radius 2 is 2.15 bits per heavy atom. The van der Waals surface area contributed by atoms with Gasteiger partial charge in [0, 0.05) is 12.1 Å². The van der Waals surface area contributed by atoms with E-state index >= 15 is 0 Å². The number of benzene rings is 1. The molecule has 2 unspecified atom stereocenters. The molecule has 5 heteroatoms. The number of amides is 1. The van der Waals surface area contributed by atoms with Gasteiger partial charge in [0.1, 0.15) is 11.1 Å². The van der Waals surface area contributed by atoms with Crippen LogP contribution in [0.1, 0.15) is 24.3 Å². The van der Waals surface area contributed by atoms with E-state index in [-0.39, 0.29) is 16.5 Å². The minimum Gasteiger partial charge on any atom is -0.496 e. The molecule has 0 aromatic heterocycles. The van der Waals surface area contributed by atoms with Crippen molar-refractivity contribution in [2.45, 2.75) is 24.0 Å². The fourth-order valence-electron chi connectivity index (χ4n) is 2.44. The second kappa shape index (κ2) is 6.99. The van der Waals surface area contributed by atoms with Crippen molar-refractivity contribution in [3.05, 3.63) is 29.8 Å². The van der Waals surface area contributed by atoms with Crippen LogP contribution in [-0.4, -0.2) is 43.3 Å². The standard InChI is InChI=1S/C15H22N2O2S/c1-11-14(18)17(10-6-9-16-2)15(20-11)12-7-4-5-8-13(12)19-3/h4-5,7-8,11,15-16H,6,9-10H2,1-3H3. The number of hydrogen-bond donors (Lipinski definition) is 1. The van der Waals surface area contributed by atoms with Gasteiger partial charge in [-0.15, -0.1) is 11.8 Å². The van der Waals surface area contributed by atoms with Crippen LogP contribution in [-0.2, 0) is 4.79 Å². The molecule has 2 rings (SSSR count). The van der Waals surface area contributed by atoms with Gasteiger partial charge in [-0.3, -0.25) is 4.79 Å². The Morgan fingerprint density at radius 1 is 1.40 bits per heavy atom. The van der Waals surface area contributed by atoms with Crippen LogP contribution in [0.2, 0.25) is 0 Å². The number of ether oxygens (including phenoxy) is 1. The number of carbonyl (C=O) groups is 1. The van der Waals surface area contributed by atoms with E-state index in [0.29, 0.717) is 0 Å². The summed E-state index contributed by atoms with van der Waals surface area (Å²) in [6.45, 7) is 3.68. The molecule has 20 heavy (non-hydrogen) atoms.